The van der Waals surface area contributed by atoms with Gasteiger partial charge < -0.3 is 9.80 Å². The molecule has 2 aromatic rings. The van der Waals surface area contributed by atoms with E-state index in [9.17, 15) is 9.59 Å². The molecule has 1 aliphatic heterocycles. The molecule has 2 aromatic carbocycles. The third-order valence-electron chi connectivity index (χ3n) is 6.02. The van der Waals surface area contributed by atoms with Crippen molar-refractivity contribution >= 4 is 40.2 Å². The lowest BCUT2D eigenvalue weighted by molar-refractivity contribution is -0.226. The molecule has 7 heteroatoms. The van der Waals surface area contributed by atoms with Gasteiger partial charge in [0, 0.05) is 47.1 Å². The SMILES string of the molecule is CC(C)C(C)(C)C(=O)OOc1cccc(N2CCN(C(=O)c3ccc(I)cc3)CC2)c1. The van der Waals surface area contributed by atoms with Crippen LogP contribution < -0.4 is 9.79 Å². The zero-order valence-corrected chi connectivity index (χ0v) is 20.6. The quantitative estimate of drug-likeness (QED) is 0.303. The fraction of sp³-hybridized carbons (Fsp3) is 0.417. The normalized spacial score (nSPS) is 14.5. The third-order valence-corrected chi connectivity index (χ3v) is 6.74. The van der Waals surface area contributed by atoms with Gasteiger partial charge >= 0.3 is 5.97 Å². The minimum absolute atomic E-state index is 0.0628. The van der Waals surface area contributed by atoms with Gasteiger partial charge in [0.1, 0.15) is 0 Å². The Balaban J connectivity index is 1.57. The molecule has 1 fully saturated rings. The number of hydrogen-bond donors (Lipinski definition) is 0. The summed E-state index contributed by atoms with van der Waals surface area (Å²) in [4.78, 5) is 39.5. The number of carbonyl (C=O) groups is 2. The van der Waals surface area contributed by atoms with E-state index in [-0.39, 0.29) is 11.8 Å². The van der Waals surface area contributed by atoms with Crippen LogP contribution in [0.2, 0.25) is 0 Å². The van der Waals surface area contributed by atoms with E-state index in [1.165, 1.54) is 0 Å². The summed E-state index contributed by atoms with van der Waals surface area (Å²) in [5, 5.41) is 0. The molecular formula is C24H29IN2O4. The predicted molar refractivity (Wildman–Crippen MR) is 129 cm³/mol. The van der Waals surface area contributed by atoms with E-state index in [1.54, 1.807) is 6.07 Å². The Morgan fingerprint density at radius 1 is 1.00 bits per heavy atom. The number of hydrogen-bond acceptors (Lipinski definition) is 5. The van der Waals surface area contributed by atoms with E-state index >= 15 is 0 Å². The van der Waals surface area contributed by atoms with Crippen LogP contribution in [-0.2, 0) is 9.68 Å². The molecule has 0 atom stereocenters. The first-order valence-corrected chi connectivity index (χ1v) is 11.5. The molecular weight excluding hydrogens is 507 g/mol. The molecule has 1 aliphatic rings. The second kappa shape index (κ2) is 9.89. The van der Waals surface area contributed by atoms with Gasteiger partial charge in [-0.15, -0.1) is 0 Å². The van der Waals surface area contributed by atoms with Gasteiger partial charge in [0.15, 0.2) is 5.75 Å². The minimum Gasteiger partial charge on any atom is -0.368 e. The van der Waals surface area contributed by atoms with Gasteiger partial charge in [0.05, 0.1) is 5.41 Å². The lowest BCUT2D eigenvalue weighted by Crippen LogP contribution is -2.48. The summed E-state index contributed by atoms with van der Waals surface area (Å²) in [6.45, 7) is 10.4. The maximum atomic E-state index is 12.7. The van der Waals surface area contributed by atoms with Crippen molar-refractivity contribution in [2.75, 3.05) is 31.1 Å². The van der Waals surface area contributed by atoms with Crippen LogP contribution in [-0.4, -0.2) is 43.0 Å². The highest BCUT2D eigenvalue weighted by atomic mass is 127. The second-order valence-corrected chi connectivity index (χ2v) is 9.86. The molecule has 0 aliphatic carbocycles. The smallest absolute Gasteiger partial charge is 0.361 e. The Labute approximate surface area is 197 Å². The van der Waals surface area contributed by atoms with E-state index in [2.05, 4.69) is 27.5 Å². The first kappa shape index (κ1) is 23.4. The zero-order valence-electron chi connectivity index (χ0n) is 18.4. The Morgan fingerprint density at radius 3 is 2.26 bits per heavy atom. The average Bonchev–Trinajstić information content (AvgIpc) is 2.77. The van der Waals surface area contributed by atoms with E-state index < -0.39 is 11.4 Å². The van der Waals surface area contributed by atoms with Crippen molar-refractivity contribution in [1.29, 1.82) is 0 Å². The van der Waals surface area contributed by atoms with Crippen LogP contribution in [0.15, 0.2) is 48.5 Å². The Hall–Kier alpha value is -2.29. The number of amides is 1. The fourth-order valence-electron chi connectivity index (χ4n) is 3.10. The van der Waals surface area contributed by atoms with Gasteiger partial charge in [0.2, 0.25) is 0 Å². The molecule has 3 rings (SSSR count). The van der Waals surface area contributed by atoms with Crippen LogP contribution in [0, 0.1) is 14.9 Å². The maximum Gasteiger partial charge on any atom is 0.361 e. The molecule has 0 unspecified atom stereocenters. The maximum absolute atomic E-state index is 12.7. The molecule has 1 heterocycles. The minimum atomic E-state index is -0.627. The molecule has 6 nitrogen and oxygen atoms in total. The molecule has 0 saturated carbocycles. The monoisotopic (exact) mass is 536 g/mol. The topological polar surface area (TPSA) is 59.1 Å². The summed E-state index contributed by atoms with van der Waals surface area (Å²) in [7, 11) is 0. The highest BCUT2D eigenvalue weighted by Crippen LogP contribution is 2.29. The largest absolute Gasteiger partial charge is 0.368 e. The molecule has 31 heavy (non-hydrogen) atoms. The fourth-order valence-corrected chi connectivity index (χ4v) is 3.46. The van der Waals surface area contributed by atoms with Crippen molar-refractivity contribution in [3.8, 4) is 5.75 Å². The third kappa shape index (κ3) is 5.70. The highest BCUT2D eigenvalue weighted by molar-refractivity contribution is 14.1. The summed E-state index contributed by atoms with van der Waals surface area (Å²) in [6.07, 6.45) is 0. The van der Waals surface area contributed by atoms with Crippen molar-refractivity contribution in [1.82, 2.24) is 4.90 Å². The Kier molecular flexibility index (Phi) is 7.46. The average molecular weight is 536 g/mol. The van der Waals surface area contributed by atoms with Crippen LogP contribution in [0.5, 0.6) is 5.75 Å². The van der Waals surface area contributed by atoms with Crippen molar-refractivity contribution in [2.45, 2.75) is 27.7 Å². The van der Waals surface area contributed by atoms with Gasteiger partial charge in [-0.25, -0.2) is 9.68 Å². The van der Waals surface area contributed by atoms with E-state index in [0.29, 0.717) is 18.8 Å². The Morgan fingerprint density at radius 2 is 1.65 bits per heavy atom. The molecule has 0 spiro atoms. The predicted octanol–water partition coefficient (Wildman–Crippen LogP) is 4.77. The summed E-state index contributed by atoms with van der Waals surface area (Å²) in [5.41, 5.74) is 1.06. The summed E-state index contributed by atoms with van der Waals surface area (Å²) < 4.78 is 1.11. The van der Waals surface area contributed by atoms with E-state index in [1.807, 2.05) is 75.1 Å². The molecule has 0 bridgehead atoms. The Bertz CT molecular complexity index is 919. The molecule has 0 N–H and O–H groups in total. The van der Waals surface area contributed by atoms with Crippen LogP contribution in [0.25, 0.3) is 0 Å². The first-order chi connectivity index (χ1) is 14.7. The molecule has 1 amide bonds. The van der Waals surface area contributed by atoms with Crippen molar-refractivity contribution in [3.05, 3.63) is 57.7 Å². The highest BCUT2D eigenvalue weighted by Gasteiger charge is 2.34. The van der Waals surface area contributed by atoms with E-state index in [4.69, 9.17) is 9.78 Å². The lowest BCUT2D eigenvalue weighted by atomic mass is 9.81. The molecule has 1 saturated heterocycles. The summed E-state index contributed by atoms with van der Waals surface area (Å²) in [5.74, 6) is 0.277. The first-order valence-electron chi connectivity index (χ1n) is 10.5. The van der Waals surface area contributed by atoms with Crippen molar-refractivity contribution in [2.24, 2.45) is 11.3 Å². The van der Waals surface area contributed by atoms with Crippen LogP contribution in [0.1, 0.15) is 38.1 Å². The van der Waals surface area contributed by atoms with Crippen molar-refractivity contribution < 1.29 is 19.4 Å². The molecule has 0 aromatic heterocycles. The van der Waals surface area contributed by atoms with Gasteiger partial charge in [-0.05, 0) is 78.8 Å². The van der Waals surface area contributed by atoms with Crippen LogP contribution in [0.3, 0.4) is 0 Å². The number of anilines is 1. The van der Waals surface area contributed by atoms with Gasteiger partial charge in [-0.3, -0.25) is 9.68 Å². The number of carbonyl (C=O) groups excluding carboxylic acids is 2. The van der Waals surface area contributed by atoms with Gasteiger partial charge in [-0.2, -0.15) is 0 Å². The van der Waals surface area contributed by atoms with Crippen LogP contribution in [0.4, 0.5) is 5.69 Å². The number of piperazine rings is 1. The zero-order chi connectivity index (χ0) is 22.6. The summed E-state index contributed by atoms with van der Waals surface area (Å²) >= 11 is 2.23. The second-order valence-electron chi connectivity index (χ2n) is 8.61. The van der Waals surface area contributed by atoms with Gasteiger partial charge in [0.25, 0.3) is 5.91 Å². The number of nitrogens with zero attached hydrogens (tertiary/aromatic N) is 2. The number of halogens is 1. The van der Waals surface area contributed by atoms with Crippen LogP contribution >= 0.6 is 22.6 Å². The van der Waals surface area contributed by atoms with Gasteiger partial charge in [-0.1, -0.05) is 19.9 Å². The molecule has 0 radical (unpaired) electrons. The number of benzene rings is 2. The summed E-state index contributed by atoms with van der Waals surface area (Å²) in [6, 6.07) is 15.1. The lowest BCUT2D eigenvalue weighted by Gasteiger charge is -2.36. The standard InChI is InChI=1S/C24H29IN2O4/c1-17(2)24(3,4)23(29)31-30-21-7-5-6-20(16-21)26-12-14-27(15-13-26)22(28)18-8-10-19(25)11-9-18/h5-11,16-17H,12-15H2,1-4H3. The molecule has 166 valence electrons. The van der Waals surface area contributed by atoms with Crippen molar-refractivity contribution in [3.63, 3.8) is 0 Å². The van der Waals surface area contributed by atoms with E-state index in [0.717, 1.165) is 27.9 Å². The number of rotatable bonds is 6.